The van der Waals surface area contributed by atoms with E-state index < -0.39 is 0 Å². The van der Waals surface area contributed by atoms with Crippen molar-refractivity contribution in [1.82, 2.24) is 20.4 Å². The van der Waals surface area contributed by atoms with Crippen molar-refractivity contribution in [2.75, 3.05) is 6.54 Å². The summed E-state index contributed by atoms with van der Waals surface area (Å²) in [5.74, 6) is 0.792. The lowest BCUT2D eigenvalue weighted by molar-refractivity contribution is -0.133. The molecule has 3 atom stereocenters. The van der Waals surface area contributed by atoms with Gasteiger partial charge in [0.15, 0.2) is 0 Å². The highest BCUT2D eigenvalue weighted by molar-refractivity contribution is 7.11. The van der Waals surface area contributed by atoms with Gasteiger partial charge in [-0.25, -0.2) is 4.98 Å². The number of piperidine rings is 1. The molecule has 7 nitrogen and oxygen atoms in total. The van der Waals surface area contributed by atoms with E-state index >= 15 is 0 Å². The van der Waals surface area contributed by atoms with Gasteiger partial charge in [-0.3, -0.25) is 9.59 Å². The number of hydrogen-bond acceptors (Lipinski definition) is 6. The molecule has 2 aromatic rings. The van der Waals surface area contributed by atoms with Gasteiger partial charge in [-0.2, -0.15) is 0 Å². The Morgan fingerprint density at radius 2 is 2.15 bits per heavy atom. The largest absolute Gasteiger partial charge is 0.361 e. The third-order valence-electron chi connectivity index (χ3n) is 5.64. The average molecular weight is 388 g/mol. The van der Waals surface area contributed by atoms with E-state index in [1.54, 1.807) is 17.4 Å². The van der Waals surface area contributed by atoms with Crippen LogP contribution in [0.5, 0.6) is 0 Å². The molecular weight excluding hydrogens is 364 g/mol. The third-order valence-corrected chi connectivity index (χ3v) is 6.71. The van der Waals surface area contributed by atoms with E-state index in [4.69, 9.17) is 4.52 Å². The Bertz CT molecular complexity index is 874. The van der Waals surface area contributed by atoms with Crippen molar-refractivity contribution in [2.24, 2.45) is 11.8 Å². The lowest BCUT2D eigenvalue weighted by atomic mass is 9.97. The average Bonchev–Trinajstić information content (AvgIpc) is 3.37. The van der Waals surface area contributed by atoms with Crippen LogP contribution in [0.2, 0.25) is 0 Å². The van der Waals surface area contributed by atoms with Crippen LogP contribution in [0.3, 0.4) is 0 Å². The number of carbonyl (C=O) groups is 2. The van der Waals surface area contributed by atoms with Crippen LogP contribution in [0.1, 0.15) is 39.9 Å². The fourth-order valence-corrected chi connectivity index (χ4v) is 5.33. The molecule has 2 fully saturated rings. The fourth-order valence-electron chi connectivity index (χ4n) is 4.45. The van der Waals surface area contributed by atoms with Crippen molar-refractivity contribution < 1.29 is 14.1 Å². The van der Waals surface area contributed by atoms with E-state index in [0.29, 0.717) is 18.8 Å². The van der Waals surface area contributed by atoms with Crippen molar-refractivity contribution in [3.8, 4) is 0 Å². The summed E-state index contributed by atoms with van der Waals surface area (Å²) in [5.41, 5.74) is 1.75. The van der Waals surface area contributed by atoms with Crippen molar-refractivity contribution >= 4 is 23.2 Å². The van der Waals surface area contributed by atoms with Gasteiger partial charge in [0.1, 0.15) is 5.76 Å². The second-order valence-corrected chi connectivity index (χ2v) is 8.84. The van der Waals surface area contributed by atoms with Gasteiger partial charge in [0, 0.05) is 23.5 Å². The Balaban J connectivity index is 1.38. The topological polar surface area (TPSA) is 88.3 Å². The summed E-state index contributed by atoms with van der Waals surface area (Å²) in [6, 6.07) is 1.78. The Morgan fingerprint density at radius 3 is 2.81 bits per heavy atom. The molecule has 2 aromatic heterocycles. The first-order valence-electron chi connectivity index (χ1n) is 9.34. The summed E-state index contributed by atoms with van der Waals surface area (Å²) in [4.78, 5) is 32.9. The van der Waals surface area contributed by atoms with Gasteiger partial charge in [-0.05, 0) is 39.5 Å². The summed E-state index contributed by atoms with van der Waals surface area (Å²) >= 11 is 1.62. The molecule has 0 aromatic carbocycles. The second kappa shape index (κ2) is 7.07. The highest BCUT2D eigenvalue weighted by Gasteiger charge is 2.51. The van der Waals surface area contributed by atoms with Gasteiger partial charge in [0.05, 0.1) is 35.3 Å². The monoisotopic (exact) mass is 388 g/mol. The number of carbonyl (C=O) groups excluding carboxylic acids is 2. The Hall–Kier alpha value is -2.22. The molecule has 1 aliphatic carbocycles. The molecule has 2 aliphatic rings. The molecule has 2 amide bonds. The van der Waals surface area contributed by atoms with Crippen molar-refractivity contribution in [3.63, 3.8) is 0 Å². The van der Waals surface area contributed by atoms with Crippen LogP contribution < -0.4 is 5.32 Å². The summed E-state index contributed by atoms with van der Waals surface area (Å²) in [5, 5.41) is 7.92. The maximum atomic E-state index is 12.8. The third kappa shape index (κ3) is 3.50. The molecule has 8 heteroatoms. The number of aromatic nitrogens is 2. The summed E-state index contributed by atoms with van der Waals surface area (Å²) in [6.45, 7) is 6.95. The van der Waals surface area contributed by atoms with Crippen LogP contribution in [0.25, 0.3) is 0 Å². The maximum Gasteiger partial charge on any atom is 0.230 e. The van der Waals surface area contributed by atoms with Crippen molar-refractivity contribution in [2.45, 2.75) is 52.6 Å². The summed E-state index contributed by atoms with van der Waals surface area (Å²) in [6.07, 6.45) is 2.10. The smallest absolute Gasteiger partial charge is 0.230 e. The maximum absolute atomic E-state index is 12.8. The van der Waals surface area contributed by atoms with Crippen LogP contribution in [0.15, 0.2) is 10.6 Å². The molecule has 3 heterocycles. The van der Waals surface area contributed by atoms with Crippen LogP contribution in [0.4, 0.5) is 0 Å². The molecule has 144 valence electrons. The lowest BCUT2D eigenvalue weighted by Gasteiger charge is -2.27. The van der Waals surface area contributed by atoms with Gasteiger partial charge in [0.25, 0.3) is 0 Å². The van der Waals surface area contributed by atoms with Crippen LogP contribution in [0, 0.1) is 32.6 Å². The van der Waals surface area contributed by atoms with Gasteiger partial charge >= 0.3 is 0 Å². The van der Waals surface area contributed by atoms with Gasteiger partial charge in [-0.1, -0.05) is 5.16 Å². The molecule has 2 bridgehead atoms. The minimum atomic E-state index is -0.111. The zero-order valence-electron chi connectivity index (χ0n) is 15.8. The normalized spacial score (nSPS) is 23.8. The van der Waals surface area contributed by atoms with Crippen molar-refractivity contribution in [3.05, 3.63) is 33.1 Å². The Labute approximate surface area is 162 Å². The number of nitrogens with one attached hydrogen (secondary N) is 1. The second-order valence-electron chi connectivity index (χ2n) is 7.55. The van der Waals surface area contributed by atoms with E-state index in [0.717, 1.165) is 34.1 Å². The minimum Gasteiger partial charge on any atom is -0.361 e. The number of thiazole rings is 1. The van der Waals surface area contributed by atoms with Crippen LogP contribution >= 0.6 is 11.3 Å². The number of nitrogens with zero attached hydrogens (tertiary/aromatic N) is 3. The first-order valence-corrected chi connectivity index (χ1v) is 10.2. The fraction of sp³-hybridized carbons (Fsp3) is 0.579. The van der Waals surface area contributed by atoms with Gasteiger partial charge in [0.2, 0.25) is 11.8 Å². The molecule has 1 aliphatic heterocycles. The number of hydrogen-bond donors (Lipinski definition) is 1. The van der Waals surface area contributed by atoms with E-state index in [9.17, 15) is 9.59 Å². The number of likely N-dealkylation sites (tertiary alicyclic amines) is 1. The van der Waals surface area contributed by atoms with E-state index in [2.05, 4.69) is 15.5 Å². The number of fused-ring (bicyclic) bond motifs is 2. The first-order chi connectivity index (χ1) is 12.9. The predicted molar refractivity (Wildman–Crippen MR) is 100 cm³/mol. The first kappa shape index (κ1) is 18.2. The number of amides is 2. The standard InChI is InChI=1S/C19H24N4O3S/c1-10-6-14(26-22-10)7-17(24)23-9-13-4-5-15(23)18(13)19(25)20-8-16-11(2)21-12(3)27-16/h6,13,15,18H,4-5,7-9H2,1-3H3,(H,20,25)/t13-,15-,18+/m0/s1. The van der Waals surface area contributed by atoms with E-state index in [1.165, 1.54) is 0 Å². The van der Waals surface area contributed by atoms with E-state index in [1.807, 2.05) is 25.7 Å². The Morgan fingerprint density at radius 1 is 1.33 bits per heavy atom. The molecule has 0 unspecified atom stereocenters. The predicted octanol–water partition coefficient (Wildman–Crippen LogP) is 2.15. The van der Waals surface area contributed by atoms with Gasteiger partial charge < -0.3 is 14.7 Å². The molecule has 0 spiro atoms. The quantitative estimate of drug-likeness (QED) is 0.848. The molecular formula is C19H24N4O3S. The molecule has 4 rings (SSSR count). The molecule has 0 radical (unpaired) electrons. The zero-order valence-corrected chi connectivity index (χ0v) is 16.6. The molecule has 1 N–H and O–H groups in total. The SMILES string of the molecule is Cc1cc(CC(=O)N2C[C@@H]3CC[C@H]2[C@@H]3C(=O)NCc2sc(C)nc2C)on1. The number of aryl methyl sites for hydroxylation is 3. The highest BCUT2D eigenvalue weighted by atomic mass is 32.1. The highest BCUT2D eigenvalue weighted by Crippen LogP contribution is 2.43. The van der Waals surface area contributed by atoms with Crippen LogP contribution in [-0.2, 0) is 22.6 Å². The van der Waals surface area contributed by atoms with Crippen molar-refractivity contribution in [1.29, 1.82) is 0 Å². The van der Waals surface area contributed by atoms with Gasteiger partial charge in [-0.15, -0.1) is 11.3 Å². The minimum absolute atomic E-state index is 0.00388. The molecule has 1 saturated carbocycles. The number of rotatable bonds is 5. The molecule has 27 heavy (non-hydrogen) atoms. The zero-order chi connectivity index (χ0) is 19.1. The lowest BCUT2D eigenvalue weighted by Crippen LogP contribution is -2.42. The summed E-state index contributed by atoms with van der Waals surface area (Å²) < 4.78 is 5.17. The molecule has 1 saturated heterocycles. The summed E-state index contributed by atoms with van der Waals surface area (Å²) in [7, 11) is 0. The Kier molecular flexibility index (Phi) is 4.75. The van der Waals surface area contributed by atoms with Crippen LogP contribution in [-0.4, -0.2) is 39.4 Å². The van der Waals surface area contributed by atoms with E-state index in [-0.39, 0.29) is 36.1 Å².